The van der Waals surface area contributed by atoms with E-state index in [-0.39, 0.29) is 0 Å². The molecular formula is C7H12O3. The minimum absolute atomic E-state index is 0.914. The molecule has 0 amide bonds. The highest BCUT2D eigenvalue weighted by Crippen LogP contribution is 1.74. The van der Waals surface area contributed by atoms with Gasteiger partial charge in [0.15, 0.2) is 0 Å². The smallest absolute Gasteiger partial charge is 0.328 e. The summed E-state index contributed by atoms with van der Waals surface area (Å²) in [7, 11) is 1.00. The average Bonchev–Trinajstić information content (AvgIpc) is 1.92. The molecule has 0 fully saturated rings. The van der Waals surface area contributed by atoms with Gasteiger partial charge in [-0.3, -0.25) is 0 Å². The predicted octanol–water partition coefficient (Wildman–Crippen LogP) is 0.812. The lowest BCUT2D eigenvalue weighted by atomic mass is 10.4. The summed E-state index contributed by atoms with van der Waals surface area (Å²) in [6.45, 7) is 1.83. The molecule has 0 aromatic carbocycles. The van der Waals surface area contributed by atoms with Gasteiger partial charge in [-0.1, -0.05) is 18.2 Å². The minimum Gasteiger partial charge on any atom is -0.478 e. The molecule has 0 aliphatic rings. The Labute approximate surface area is 60.3 Å². The second-order valence-electron chi connectivity index (χ2n) is 1.22. The van der Waals surface area contributed by atoms with Gasteiger partial charge in [-0.15, -0.1) is 0 Å². The first kappa shape index (κ1) is 11.7. The summed E-state index contributed by atoms with van der Waals surface area (Å²) in [4.78, 5) is 9.75. The van der Waals surface area contributed by atoms with Crippen LogP contribution in [0.2, 0.25) is 0 Å². The molecule has 10 heavy (non-hydrogen) atoms. The van der Waals surface area contributed by atoms with Gasteiger partial charge in [0.2, 0.25) is 0 Å². The SMILES string of the molecule is C/C=C/C=C/C(=O)O.CO. The van der Waals surface area contributed by atoms with E-state index in [4.69, 9.17) is 10.2 Å². The van der Waals surface area contributed by atoms with E-state index in [9.17, 15) is 4.79 Å². The van der Waals surface area contributed by atoms with Gasteiger partial charge >= 0.3 is 5.97 Å². The summed E-state index contributed by atoms with van der Waals surface area (Å²) >= 11 is 0. The standard InChI is InChI=1S/C6H8O2.CH4O/c1-2-3-4-5-6(7)8;1-2/h2-5H,1H3,(H,7,8);2H,1H3/b3-2+,5-4+;. The van der Waals surface area contributed by atoms with Crippen molar-refractivity contribution in [1.82, 2.24) is 0 Å². The van der Waals surface area contributed by atoms with Crippen LogP contribution in [0.25, 0.3) is 0 Å². The molecule has 0 bridgehead atoms. The molecule has 0 atom stereocenters. The van der Waals surface area contributed by atoms with E-state index in [1.165, 1.54) is 6.08 Å². The monoisotopic (exact) mass is 144 g/mol. The molecule has 2 N–H and O–H groups in total. The van der Waals surface area contributed by atoms with Crippen molar-refractivity contribution in [2.75, 3.05) is 7.11 Å². The van der Waals surface area contributed by atoms with Gasteiger partial charge < -0.3 is 10.2 Å². The number of allylic oxidation sites excluding steroid dienone is 3. The first-order chi connectivity index (χ1) is 4.77. The zero-order chi connectivity index (χ0) is 8.41. The van der Waals surface area contributed by atoms with Crippen LogP contribution in [0, 0.1) is 0 Å². The maximum Gasteiger partial charge on any atom is 0.328 e. The van der Waals surface area contributed by atoms with Crippen LogP contribution in [0.4, 0.5) is 0 Å². The summed E-state index contributed by atoms with van der Waals surface area (Å²) in [6.07, 6.45) is 5.98. The first-order valence-electron chi connectivity index (χ1n) is 2.74. The molecule has 0 radical (unpaired) electrons. The highest BCUT2D eigenvalue weighted by atomic mass is 16.4. The third-order valence-electron chi connectivity index (χ3n) is 0.542. The summed E-state index contributed by atoms with van der Waals surface area (Å²) in [5, 5.41) is 15.0. The Kier molecular flexibility index (Phi) is 12.6. The van der Waals surface area contributed by atoms with Crippen LogP contribution in [0.15, 0.2) is 24.3 Å². The maximum atomic E-state index is 9.75. The molecule has 3 nitrogen and oxygen atoms in total. The minimum atomic E-state index is -0.914. The quantitative estimate of drug-likeness (QED) is 0.445. The lowest BCUT2D eigenvalue weighted by Gasteiger charge is -1.72. The highest BCUT2D eigenvalue weighted by Gasteiger charge is 1.78. The van der Waals surface area contributed by atoms with Crippen LogP contribution in [0.5, 0.6) is 0 Å². The molecule has 0 aromatic rings. The van der Waals surface area contributed by atoms with Crippen LogP contribution in [0.1, 0.15) is 6.92 Å². The van der Waals surface area contributed by atoms with E-state index in [1.54, 1.807) is 12.2 Å². The van der Waals surface area contributed by atoms with Crippen LogP contribution < -0.4 is 0 Å². The van der Waals surface area contributed by atoms with Gasteiger partial charge in [0, 0.05) is 13.2 Å². The Balaban J connectivity index is 0. The molecule has 0 saturated heterocycles. The van der Waals surface area contributed by atoms with Crippen molar-refractivity contribution < 1.29 is 15.0 Å². The number of aliphatic carboxylic acids is 1. The maximum absolute atomic E-state index is 9.75. The van der Waals surface area contributed by atoms with Gasteiger partial charge in [0.1, 0.15) is 0 Å². The molecule has 0 aliphatic heterocycles. The van der Waals surface area contributed by atoms with Gasteiger partial charge in [-0.05, 0) is 6.92 Å². The van der Waals surface area contributed by atoms with E-state index in [0.29, 0.717) is 0 Å². The van der Waals surface area contributed by atoms with Crippen molar-refractivity contribution >= 4 is 5.97 Å². The fourth-order valence-electron chi connectivity index (χ4n) is 0.249. The second-order valence-corrected chi connectivity index (χ2v) is 1.22. The molecule has 0 saturated carbocycles. The van der Waals surface area contributed by atoms with Crippen molar-refractivity contribution in [3.8, 4) is 0 Å². The summed E-state index contributed by atoms with van der Waals surface area (Å²) in [5.74, 6) is -0.914. The number of aliphatic hydroxyl groups is 1. The fraction of sp³-hybridized carbons (Fsp3) is 0.286. The molecule has 0 rings (SSSR count). The molecule has 0 spiro atoms. The number of hydrogen-bond acceptors (Lipinski definition) is 2. The third-order valence-corrected chi connectivity index (χ3v) is 0.542. The topological polar surface area (TPSA) is 57.5 Å². The van der Waals surface area contributed by atoms with Crippen molar-refractivity contribution in [1.29, 1.82) is 0 Å². The zero-order valence-corrected chi connectivity index (χ0v) is 6.11. The molecule has 0 unspecified atom stereocenters. The molecular weight excluding hydrogens is 132 g/mol. The van der Waals surface area contributed by atoms with Crippen molar-refractivity contribution in [3.05, 3.63) is 24.3 Å². The largest absolute Gasteiger partial charge is 0.478 e. The first-order valence-corrected chi connectivity index (χ1v) is 2.74. The van der Waals surface area contributed by atoms with E-state index in [2.05, 4.69) is 0 Å². The van der Waals surface area contributed by atoms with Crippen LogP contribution >= 0.6 is 0 Å². The lowest BCUT2D eigenvalue weighted by molar-refractivity contribution is -0.131. The van der Waals surface area contributed by atoms with Gasteiger partial charge in [0.05, 0.1) is 0 Å². The second kappa shape index (κ2) is 10.8. The molecule has 0 aromatic heterocycles. The number of aliphatic hydroxyl groups excluding tert-OH is 1. The summed E-state index contributed by atoms with van der Waals surface area (Å²) < 4.78 is 0. The normalized spacial score (nSPS) is 9.50. The number of hydrogen-bond donors (Lipinski definition) is 2. The Morgan fingerprint density at radius 1 is 1.30 bits per heavy atom. The third kappa shape index (κ3) is 15.8. The van der Waals surface area contributed by atoms with E-state index in [1.807, 2.05) is 6.92 Å². The van der Waals surface area contributed by atoms with Crippen molar-refractivity contribution in [2.24, 2.45) is 0 Å². The number of carbonyl (C=O) groups is 1. The Bertz CT molecular complexity index is 125. The van der Waals surface area contributed by atoms with Crippen LogP contribution in [0.3, 0.4) is 0 Å². The van der Waals surface area contributed by atoms with Crippen LogP contribution in [-0.4, -0.2) is 23.3 Å². The molecule has 58 valence electrons. The lowest BCUT2D eigenvalue weighted by Crippen LogP contribution is -1.83. The fourth-order valence-corrected chi connectivity index (χ4v) is 0.249. The molecule has 0 aliphatic carbocycles. The van der Waals surface area contributed by atoms with Gasteiger partial charge in [-0.25, -0.2) is 4.79 Å². The van der Waals surface area contributed by atoms with Crippen LogP contribution in [-0.2, 0) is 4.79 Å². The summed E-state index contributed by atoms with van der Waals surface area (Å²) in [5.41, 5.74) is 0. The molecule has 3 heteroatoms. The predicted molar refractivity (Wildman–Crippen MR) is 39.7 cm³/mol. The van der Waals surface area contributed by atoms with E-state index >= 15 is 0 Å². The Morgan fingerprint density at radius 2 is 1.80 bits per heavy atom. The van der Waals surface area contributed by atoms with E-state index in [0.717, 1.165) is 13.2 Å². The number of carboxylic acids is 1. The summed E-state index contributed by atoms with van der Waals surface area (Å²) in [6, 6.07) is 0. The Hall–Kier alpha value is -1.09. The molecule has 0 heterocycles. The van der Waals surface area contributed by atoms with Gasteiger partial charge in [-0.2, -0.15) is 0 Å². The van der Waals surface area contributed by atoms with Gasteiger partial charge in [0.25, 0.3) is 0 Å². The average molecular weight is 144 g/mol. The van der Waals surface area contributed by atoms with Crippen molar-refractivity contribution in [3.63, 3.8) is 0 Å². The number of carboxylic acid groups (broad SMARTS) is 1. The Morgan fingerprint density at radius 3 is 2.10 bits per heavy atom. The van der Waals surface area contributed by atoms with Crippen molar-refractivity contribution in [2.45, 2.75) is 6.92 Å². The van der Waals surface area contributed by atoms with E-state index < -0.39 is 5.97 Å². The highest BCUT2D eigenvalue weighted by molar-refractivity contribution is 5.80. The zero-order valence-electron chi connectivity index (χ0n) is 6.11. The number of rotatable bonds is 2.